The summed E-state index contributed by atoms with van der Waals surface area (Å²) in [5.74, 6) is 3.42. The van der Waals surface area contributed by atoms with Gasteiger partial charge in [0.15, 0.2) is 0 Å². The smallest absolute Gasteiger partial charge is 0.120 e. The second kappa shape index (κ2) is 6.82. The third-order valence-electron chi connectivity index (χ3n) is 3.38. The summed E-state index contributed by atoms with van der Waals surface area (Å²) in [4.78, 5) is 0. The Balaban J connectivity index is 1.53. The Morgan fingerprint density at radius 3 is 2.55 bits per heavy atom. The van der Waals surface area contributed by atoms with Crippen LogP contribution in [0.25, 0.3) is 0 Å². The molecule has 0 radical (unpaired) electrons. The van der Waals surface area contributed by atoms with Gasteiger partial charge < -0.3 is 10.1 Å². The summed E-state index contributed by atoms with van der Waals surface area (Å²) in [5, 5.41) is 3.56. The Bertz CT molecular complexity index is 540. The van der Waals surface area contributed by atoms with E-state index >= 15 is 0 Å². The van der Waals surface area contributed by atoms with Gasteiger partial charge in [-0.15, -0.1) is 0 Å². The van der Waals surface area contributed by atoms with E-state index in [1.807, 2.05) is 36.0 Å². The summed E-state index contributed by atoms with van der Waals surface area (Å²) < 4.78 is 5.85. The fraction of sp³-hybridized carbons (Fsp3) is 0.294. The van der Waals surface area contributed by atoms with Crippen LogP contribution in [0.1, 0.15) is 11.1 Å². The normalized spacial score (nSPS) is 14.8. The van der Waals surface area contributed by atoms with Crippen LogP contribution < -0.4 is 10.1 Å². The van der Waals surface area contributed by atoms with Gasteiger partial charge in [-0.25, -0.2) is 0 Å². The van der Waals surface area contributed by atoms with E-state index in [0.29, 0.717) is 12.6 Å². The number of hydrogen-bond acceptors (Lipinski definition) is 3. The fourth-order valence-corrected chi connectivity index (χ4v) is 2.81. The first kappa shape index (κ1) is 13.5. The average Bonchev–Trinajstić information content (AvgIpc) is 2.45. The van der Waals surface area contributed by atoms with Gasteiger partial charge in [0, 0.05) is 24.1 Å². The van der Waals surface area contributed by atoms with Crippen molar-refractivity contribution in [1.29, 1.82) is 0 Å². The van der Waals surface area contributed by atoms with Crippen molar-refractivity contribution in [2.75, 3.05) is 11.5 Å². The molecule has 0 amide bonds. The van der Waals surface area contributed by atoms with E-state index in [1.54, 1.807) is 0 Å². The van der Waals surface area contributed by atoms with Gasteiger partial charge in [-0.05, 0) is 23.3 Å². The number of benzene rings is 2. The fourth-order valence-electron chi connectivity index (χ4n) is 2.10. The Labute approximate surface area is 124 Å². The van der Waals surface area contributed by atoms with Gasteiger partial charge in [-0.2, -0.15) is 11.8 Å². The van der Waals surface area contributed by atoms with Crippen molar-refractivity contribution < 1.29 is 4.74 Å². The third-order valence-corrected chi connectivity index (χ3v) is 4.66. The minimum Gasteiger partial charge on any atom is -0.489 e. The molecule has 1 saturated heterocycles. The Morgan fingerprint density at radius 2 is 1.80 bits per heavy atom. The molecule has 0 aromatic heterocycles. The highest BCUT2D eigenvalue weighted by molar-refractivity contribution is 8.00. The predicted octanol–water partition coefficient (Wildman–Crippen LogP) is 3.47. The molecule has 1 fully saturated rings. The number of thioether (sulfide) groups is 1. The van der Waals surface area contributed by atoms with E-state index in [4.69, 9.17) is 4.74 Å². The topological polar surface area (TPSA) is 21.3 Å². The van der Waals surface area contributed by atoms with Gasteiger partial charge in [0.25, 0.3) is 0 Å². The van der Waals surface area contributed by atoms with Crippen molar-refractivity contribution in [3.63, 3.8) is 0 Å². The zero-order valence-electron chi connectivity index (χ0n) is 11.4. The monoisotopic (exact) mass is 285 g/mol. The van der Waals surface area contributed by atoms with Gasteiger partial charge in [-0.1, -0.05) is 42.5 Å². The van der Waals surface area contributed by atoms with E-state index in [1.165, 1.54) is 22.6 Å². The number of hydrogen-bond donors (Lipinski definition) is 1. The molecule has 1 aliphatic heterocycles. The first-order valence-corrected chi connectivity index (χ1v) is 8.12. The molecule has 2 aromatic carbocycles. The lowest BCUT2D eigenvalue weighted by Gasteiger charge is -2.26. The van der Waals surface area contributed by atoms with Crippen LogP contribution in [0, 0.1) is 0 Å². The van der Waals surface area contributed by atoms with Gasteiger partial charge in [0.05, 0.1) is 0 Å². The molecule has 1 heterocycles. The maximum atomic E-state index is 5.85. The second-order valence-electron chi connectivity index (χ2n) is 5.04. The molecule has 0 unspecified atom stereocenters. The minimum absolute atomic E-state index is 0.622. The van der Waals surface area contributed by atoms with Gasteiger partial charge >= 0.3 is 0 Å². The highest BCUT2D eigenvalue weighted by atomic mass is 32.2. The molecule has 0 saturated carbocycles. The van der Waals surface area contributed by atoms with E-state index in [9.17, 15) is 0 Å². The van der Waals surface area contributed by atoms with Gasteiger partial charge in [0.1, 0.15) is 12.4 Å². The van der Waals surface area contributed by atoms with Gasteiger partial charge in [0.2, 0.25) is 0 Å². The van der Waals surface area contributed by atoms with Crippen LogP contribution in [0.2, 0.25) is 0 Å². The van der Waals surface area contributed by atoms with Crippen LogP contribution in [-0.2, 0) is 13.2 Å². The first-order chi connectivity index (χ1) is 9.90. The summed E-state index contributed by atoms with van der Waals surface area (Å²) in [6.45, 7) is 1.55. The molecule has 2 nitrogen and oxygen atoms in total. The summed E-state index contributed by atoms with van der Waals surface area (Å²) in [5.41, 5.74) is 2.48. The Hall–Kier alpha value is -1.45. The van der Waals surface area contributed by atoms with Crippen LogP contribution in [0.5, 0.6) is 5.75 Å². The standard InChI is InChI=1S/C17H19NOS/c1-2-5-14(6-3-1)11-19-17-8-4-7-15(9-17)10-18-16-12-20-13-16/h1-9,16,18H,10-13H2. The Kier molecular flexibility index (Phi) is 4.61. The van der Waals surface area contributed by atoms with E-state index in [-0.39, 0.29) is 0 Å². The lowest BCUT2D eigenvalue weighted by molar-refractivity contribution is 0.306. The first-order valence-electron chi connectivity index (χ1n) is 6.97. The SMILES string of the molecule is c1ccc(COc2cccc(CNC3CSC3)c2)cc1. The van der Waals surface area contributed by atoms with Crippen LogP contribution in [0.15, 0.2) is 54.6 Å². The molecule has 0 atom stereocenters. The summed E-state index contributed by atoms with van der Waals surface area (Å²) in [6, 6.07) is 19.3. The number of ether oxygens (including phenoxy) is 1. The van der Waals surface area contributed by atoms with Gasteiger partial charge in [-0.3, -0.25) is 0 Å². The Morgan fingerprint density at radius 1 is 1.00 bits per heavy atom. The molecule has 1 N–H and O–H groups in total. The maximum absolute atomic E-state index is 5.85. The molecule has 3 rings (SSSR count). The quantitative estimate of drug-likeness (QED) is 0.878. The highest BCUT2D eigenvalue weighted by Crippen LogP contribution is 2.19. The van der Waals surface area contributed by atoms with Crippen LogP contribution in [-0.4, -0.2) is 17.5 Å². The van der Waals surface area contributed by atoms with Crippen molar-refractivity contribution in [1.82, 2.24) is 5.32 Å². The number of rotatable bonds is 6. The lowest BCUT2D eigenvalue weighted by Crippen LogP contribution is -2.39. The van der Waals surface area contributed by atoms with Crippen LogP contribution in [0.4, 0.5) is 0 Å². The zero-order valence-corrected chi connectivity index (χ0v) is 12.2. The molecule has 2 aromatic rings. The average molecular weight is 285 g/mol. The highest BCUT2D eigenvalue weighted by Gasteiger charge is 2.16. The summed E-state index contributed by atoms with van der Waals surface area (Å²) in [7, 11) is 0. The van der Waals surface area contributed by atoms with E-state index in [0.717, 1.165) is 12.3 Å². The molecule has 3 heteroatoms. The molecule has 20 heavy (non-hydrogen) atoms. The van der Waals surface area contributed by atoms with Crippen molar-refractivity contribution in [3.05, 3.63) is 65.7 Å². The summed E-state index contributed by atoms with van der Waals surface area (Å²) >= 11 is 2.00. The van der Waals surface area contributed by atoms with Crippen LogP contribution >= 0.6 is 11.8 Å². The second-order valence-corrected chi connectivity index (χ2v) is 6.11. The molecular weight excluding hydrogens is 266 g/mol. The molecule has 0 spiro atoms. The van der Waals surface area contributed by atoms with Crippen molar-refractivity contribution in [3.8, 4) is 5.75 Å². The molecular formula is C17H19NOS. The van der Waals surface area contributed by atoms with Crippen molar-refractivity contribution in [2.24, 2.45) is 0 Å². The zero-order chi connectivity index (χ0) is 13.6. The maximum Gasteiger partial charge on any atom is 0.120 e. The van der Waals surface area contributed by atoms with Crippen molar-refractivity contribution >= 4 is 11.8 Å². The lowest BCUT2D eigenvalue weighted by atomic mass is 10.2. The molecule has 0 bridgehead atoms. The molecule has 104 valence electrons. The molecule has 0 aliphatic carbocycles. The largest absolute Gasteiger partial charge is 0.489 e. The summed E-state index contributed by atoms with van der Waals surface area (Å²) in [6.07, 6.45) is 0. The molecule has 1 aliphatic rings. The van der Waals surface area contributed by atoms with Crippen LogP contribution in [0.3, 0.4) is 0 Å². The predicted molar refractivity (Wildman–Crippen MR) is 85.2 cm³/mol. The van der Waals surface area contributed by atoms with E-state index < -0.39 is 0 Å². The third kappa shape index (κ3) is 3.78. The number of nitrogens with one attached hydrogen (secondary N) is 1. The van der Waals surface area contributed by atoms with Crippen molar-refractivity contribution in [2.45, 2.75) is 19.2 Å². The van der Waals surface area contributed by atoms with E-state index in [2.05, 4.69) is 35.6 Å². The minimum atomic E-state index is 0.622.